The lowest BCUT2D eigenvalue weighted by molar-refractivity contribution is -0.137. The SMILES string of the molecule is Cc1ccc(N2N=C(C(=O)OCc3ccccc3)[C@H]3[C@@H]2S[C@]24COC(=O)C2=NN(c2ccccc2)[C@H]34)cc1. The van der Waals surface area contributed by atoms with Crippen LogP contribution in [0.3, 0.4) is 0 Å². The third kappa shape index (κ3) is 3.45. The lowest BCUT2D eigenvalue weighted by Crippen LogP contribution is -2.50. The second-order valence-electron chi connectivity index (χ2n) is 9.80. The third-order valence-electron chi connectivity index (χ3n) is 7.45. The predicted molar refractivity (Wildman–Crippen MR) is 146 cm³/mol. The fraction of sp³-hybridized carbons (Fsp3) is 0.241. The second kappa shape index (κ2) is 8.73. The van der Waals surface area contributed by atoms with Crippen LogP contribution in [0.4, 0.5) is 11.4 Å². The Bertz CT molecular complexity index is 1480. The van der Waals surface area contributed by atoms with Gasteiger partial charge in [-0.1, -0.05) is 66.2 Å². The molecule has 0 N–H and O–H groups in total. The van der Waals surface area contributed by atoms with Crippen molar-refractivity contribution in [1.29, 1.82) is 0 Å². The molecule has 4 aliphatic heterocycles. The molecule has 0 amide bonds. The highest BCUT2D eigenvalue weighted by Crippen LogP contribution is 2.59. The summed E-state index contributed by atoms with van der Waals surface area (Å²) in [6.07, 6.45) is 0. The van der Waals surface area contributed by atoms with Crippen LogP contribution in [0.5, 0.6) is 0 Å². The number of cyclic esters (lactones) is 1. The van der Waals surface area contributed by atoms with Crippen LogP contribution in [0.2, 0.25) is 0 Å². The first-order chi connectivity index (χ1) is 18.5. The average molecular weight is 525 g/mol. The Morgan fingerprint density at radius 1 is 0.974 bits per heavy atom. The summed E-state index contributed by atoms with van der Waals surface area (Å²) in [4.78, 5) is 26.5. The number of esters is 2. The van der Waals surface area contributed by atoms with Crippen molar-refractivity contribution >= 4 is 46.5 Å². The van der Waals surface area contributed by atoms with Gasteiger partial charge in [-0.3, -0.25) is 10.0 Å². The number of hydrogen-bond acceptors (Lipinski definition) is 9. The van der Waals surface area contributed by atoms with Gasteiger partial charge in [-0.2, -0.15) is 10.2 Å². The normalized spacial score (nSPS) is 26.9. The smallest absolute Gasteiger partial charge is 0.356 e. The number of carbonyl (C=O) groups is 2. The summed E-state index contributed by atoms with van der Waals surface area (Å²) < 4.78 is 10.6. The largest absolute Gasteiger partial charge is 0.459 e. The molecule has 2 saturated heterocycles. The standard InChI is InChI=1S/C29H24N4O4S/c1-18-12-14-21(15-13-18)33-26-22(23(30-33)27(34)36-16-19-8-4-2-5-9-19)25-29(38-26)17-37-28(35)24(29)31-32(25)20-10-6-3-7-11-20/h2-15,22,25-26H,16-17H2,1H3/t22-,25-,26+,29-/m1/s1. The minimum atomic E-state index is -0.716. The molecule has 1 spiro atoms. The molecule has 3 aromatic carbocycles. The topological polar surface area (TPSA) is 83.8 Å². The van der Waals surface area contributed by atoms with Gasteiger partial charge >= 0.3 is 11.9 Å². The molecule has 3 aromatic rings. The molecule has 0 saturated carbocycles. The van der Waals surface area contributed by atoms with Crippen molar-refractivity contribution in [1.82, 2.24) is 0 Å². The van der Waals surface area contributed by atoms with Gasteiger partial charge < -0.3 is 9.47 Å². The maximum Gasteiger partial charge on any atom is 0.356 e. The fourth-order valence-electron chi connectivity index (χ4n) is 5.65. The van der Waals surface area contributed by atoms with Crippen LogP contribution < -0.4 is 10.0 Å². The molecule has 190 valence electrons. The molecule has 9 heteroatoms. The third-order valence-corrected chi connectivity index (χ3v) is 9.16. The molecule has 0 aliphatic carbocycles. The van der Waals surface area contributed by atoms with E-state index in [0.717, 1.165) is 22.5 Å². The molecule has 2 fully saturated rings. The Hall–Kier alpha value is -4.11. The summed E-state index contributed by atoms with van der Waals surface area (Å²) in [5.74, 6) is -1.25. The minimum Gasteiger partial charge on any atom is -0.459 e. The van der Waals surface area contributed by atoms with Gasteiger partial charge in [0.15, 0.2) is 11.4 Å². The number of aryl methyl sites for hydroxylation is 1. The summed E-state index contributed by atoms with van der Waals surface area (Å²) in [7, 11) is 0. The highest BCUT2D eigenvalue weighted by atomic mass is 32.2. The Labute approximate surface area is 223 Å². The van der Waals surface area contributed by atoms with E-state index in [1.54, 1.807) is 11.8 Å². The van der Waals surface area contributed by atoms with Crippen molar-refractivity contribution < 1.29 is 19.1 Å². The Kier molecular flexibility index (Phi) is 5.29. The van der Waals surface area contributed by atoms with Crippen molar-refractivity contribution in [3.63, 3.8) is 0 Å². The number of anilines is 2. The molecule has 8 nitrogen and oxygen atoms in total. The number of ether oxygens (including phenoxy) is 2. The Morgan fingerprint density at radius 3 is 2.39 bits per heavy atom. The van der Waals surface area contributed by atoms with Crippen molar-refractivity contribution in [3.8, 4) is 0 Å². The van der Waals surface area contributed by atoms with Crippen LogP contribution >= 0.6 is 11.8 Å². The number of carbonyl (C=O) groups excluding carboxylic acids is 2. The van der Waals surface area contributed by atoms with Crippen LogP contribution in [-0.2, 0) is 25.7 Å². The van der Waals surface area contributed by atoms with Gasteiger partial charge in [0.2, 0.25) is 0 Å². The summed E-state index contributed by atoms with van der Waals surface area (Å²) in [6.45, 7) is 2.38. The molecule has 4 atom stereocenters. The first-order valence-electron chi connectivity index (χ1n) is 12.5. The number of rotatable bonds is 5. The van der Waals surface area contributed by atoms with Crippen LogP contribution in [0.15, 0.2) is 95.1 Å². The van der Waals surface area contributed by atoms with Gasteiger partial charge in [0.05, 0.1) is 23.3 Å². The zero-order valence-corrected chi connectivity index (χ0v) is 21.4. The first kappa shape index (κ1) is 23.0. The van der Waals surface area contributed by atoms with Crippen LogP contribution in [0, 0.1) is 12.8 Å². The van der Waals surface area contributed by atoms with Gasteiger partial charge in [-0.15, -0.1) is 11.8 Å². The average Bonchev–Trinajstić information content (AvgIpc) is 3.65. The number of hydrogen-bond donors (Lipinski definition) is 0. The molecular formula is C29H24N4O4S. The number of para-hydroxylation sites is 1. The van der Waals surface area contributed by atoms with Crippen molar-refractivity contribution in [3.05, 3.63) is 96.1 Å². The van der Waals surface area contributed by atoms with Crippen molar-refractivity contribution in [2.75, 3.05) is 16.6 Å². The minimum absolute atomic E-state index is 0.148. The highest BCUT2D eigenvalue weighted by molar-refractivity contribution is 8.02. The second-order valence-corrected chi connectivity index (χ2v) is 11.2. The van der Waals surface area contributed by atoms with Gasteiger partial charge in [0.25, 0.3) is 0 Å². The van der Waals surface area contributed by atoms with E-state index in [2.05, 4.69) is 0 Å². The molecule has 0 bridgehead atoms. The zero-order valence-electron chi connectivity index (χ0n) is 20.6. The van der Waals surface area contributed by atoms with E-state index in [1.807, 2.05) is 102 Å². The number of benzene rings is 3. The van der Waals surface area contributed by atoms with E-state index in [9.17, 15) is 9.59 Å². The summed E-state index contributed by atoms with van der Waals surface area (Å²) in [5, 5.41) is 13.1. The fourth-order valence-corrected chi connectivity index (χ4v) is 7.52. The van der Waals surface area contributed by atoms with E-state index in [0.29, 0.717) is 11.4 Å². The van der Waals surface area contributed by atoms with Gasteiger partial charge in [0.1, 0.15) is 23.3 Å². The molecule has 7 rings (SSSR count). The van der Waals surface area contributed by atoms with E-state index < -0.39 is 16.7 Å². The molecule has 0 radical (unpaired) electrons. The maximum atomic E-state index is 13.6. The Balaban J connectivity index is 1.30. The van der Waals surface area contributed by atoms with E-state index in [1.165, 1.54) is 0 Å². The lowest BCUT2D eigenvalue weighted by atomic mass is 9.84. The van der Waals surface area contributed by atoms with Crippen LogP contribution in [0.25, 0.3) is 0 Å². The molecule has 4 heterocycles. The number of thioether (sulfide) groups is 1. The quantitative estimate of drug-likeness (QED) is 0.464. The summed E-state index contributed by atoms with van der Waals surface area (Å²) in [6, 6.07) is 27.0. The van der Waals surface area contributed by atoms with Gasteiger partial charge in [0, 0.05) is 0 Å². The number of hydrazone groups is 2. The van der Waals surface area contributed by atoms with Gasteiger partial charge in [-0.25, -0.2) is 9.59 Å². The number of fused-ring (bicyclic) bond motifs is 2. The first-order valence-corrected chi connectivity index (χ1v) is 13.4. The Morgan fingerprint density at radius 2 is 1.66 bits per heavy atom. The number of nitrogens with zero attached hydrogens (tertiary/aromatic N) is 4. The zero-order chi connectivity index (χ0) is 25.9. The van der Waals surface area contributed by atoms with E-state index in [-0.39, 0.29) is 30.5 Å². The predicted octanol–water partition coefficient (Wildman–Crippen LogP) is 4.14. The van der Waals surface area contributed by atoms with E-state index >= 15 is 0 Å². The van der Waals surface area contributed by atoms with Crippen LogP contribution in [0.1, 0.15) is 11.1 Å². The molecule has 38 heavy (non-hydrogen) atoms. The molecule has 0 unspecified atom stereocenters. The monoisotopic (exact) mass is 524 g/mol. The van der Waals surface area contributed by atoms with Crippen LogP contribution in [-0.4, -0.2) is 46.1 Å². The maximum absolute atomic E-state index is 13.6. The van der Waals surface area contributed by atoms with Crippen molar-refractivity contribution in [2.24, 2.45) is 16.1 Å². The molecular weight excluding hydrogens is 500 g/mol. The van der Waals surface area contributed by atoms with Gasteiger partial charge in [-0.05, 0) is 36.8 Å². The lowest BCUT2D eigenvalue weighted by Gasteiger charge is -2.31. The molecule has 4 aliphatic rings. The van der Waals surface area contributed by atoms with Crippen molar-refractivity contribution in [2.45, 2.75) is 29.7 Å². The highest BCUT2D eigenvalue weighted by Gasteiger charge is 2.72. The summed E-state index contributed by atoms with van der Waals surface area (Å²) >= 11 is 1.60. The summed E-state index contributed by atoms with van der Waals surface area (Å²) in [5.41, 5.74) is 4.47. The molecule has 0 aromatic heterocycles. The van der Waals surface area contributed by atoms with E-state index in [4.69, 9.17) is 19.7 Å².